The summed E-state index contributed by atoms with van der Waals surface area (Å²) in [5.41, 5.74) is 4.32. The minimum absolute atomic E-state index is 0.939. The fraction of sp³-hybridized carbons (Fsp3) is 0. The molecule has 6 rings (SSSR count). The van der Waals surface area contributed by atoms with Crippen molar-refractivity contribution in [2.45, 2.75) is 0 Å². The summed E-state index contributed by atoms with van der Waals surface area (Å²) >= 11 is 3.51. The van der Waals surface area contributed by atoms with Crippen LogP contribution < -0.4 is 0 Å². The van der Waals surface area contributed by atoms with E-state index >= 15 is 0 Å². The molecule has 1 nitrogen and oxygen atoms in total. The fourth-order valence-electron chi connectivity index (χ4n) is 4.03. The number of fused-ring (bicyclic) bond motifs is 5. The molecule has 0 atom stereocenters. The first-order valence-electron chi connectivity index (χ1n) is 9.29. The van der Waals surface area contributed by atoms with Crippen LogP contribution in [0.4, 0.5) is 0 Å². The highest BCUT2D eigenvalue weighted by molar-refractivity contribution is 9.10. The summed E-state index contributed by atoms with van der Waals surface area (Å²) in [5.74, 6) is 0. The van der Waals surface area contributed by atoms with E-state index in [9.17, 15) is 0 Å². The smallest absolute Gasteiger partial charge is 0.136 e. The van der Waals surface area contributed by atoms with E-state index in [2.05, 4.69) is 107 Å². The third kappa shape index (κ3) is 2.45. The van der Waals surface area contributed by atoms with Gasteiger partial charge in [0.05, 0.1) is 0 Å². The largest absolute Gasteiger partial charge is 0.456 e. The summed E-state index contributed by atoms with van der Waals surface area (Å²) in [6.45, 7) is 0. The van der Waals surface area contributed by atoms with E-state index in [1.807, 2.05) is 0 Å². The Hall–Kier alpha value is -3.10. The number of hydrogen-bond donors (Lipinski definition) is 0. The molecule has 5 aromatic carbocycles. The second-order valence-electron chi connectivity index (χ2n) is 7.21. The first-order valence-corrected chi connectivity index (χ1v) is 10.1. The Morgan fingerprint density at radius 1 is 0.500 bits per heavy atom. The standard InChI is InChI=1S/C26H15BrO/c27-22-9-7-16(8-10-22)19-5-6-20-15-26-24(13-21(20)11-19)23-12-17-3-1-2-4-18(17)14-25(23)28-26/h1-15H. The number of rotatable bonds is 1. The maximum atomic E-state index is 6.19. The number of furan rings is 1. The average molecular weight is 423 g/mol. The molecule has 1 heterocycles. The molecule has 0 aliphatic carbocycles. The zero-order valence-electron chi connectivity index (χ0n) is 14.9. The number of benzene rings is 5. The van der Waals surface area contributed by atoms with E-state index in [1.165, 1.54) is 43.4 Å². The molecule has 2 heteroatoms. The van der Waals surface area contributed by atoms with Crippen molar-refractivity contribution < 1.29 is 4.42 Å². The monoisotopic (exact) mass is 422 g/mol. The van der Waals surface area contributed by atoms with Gasteiger partial charge < -0.3 is 4.42 Å². The van der Waals surface area contributed by atoms with Crippen LogP contribution in [0.3, 0.4) is 0 Å². The van der Waals surface area contributed by atoms with E-state index in [4.69, 9.17) is 4.42 Å². The van der Waals surface area contributed by atoms with E-state index in [1.54, 1.807) is 0 Å². The summed E-state index contributed by atoms with van der Waals surface area (Å²) in [6, 6.07) is 32.3. The maximum Gasteiger partial charge on any atom is 0.136 e. The SMILES string of the molecule is Brc1ccc(-c2ccc3cc4oc5cc6ccccc6cc5c4cc3c2)cc1. The fourth-order valence-corrected chi connectivity index (χ4v) is 4.29. The third-order valence-corrected chi connectivity index (χ3v) is 6.00. The lowest BCUT2D eigenvalue weighted by molar-refractivity contribution is 0.670. The Morgan fingerprint density at radius 3 is 1.79 bits per heavy atom. The minimum Gasteiger partial charge on any atom is -0.456 e. The number of halogens is 1. The van der Waals surface area contributed by atoms with Crippen LogP contribution in [0.1, 0.15) is 0 Å². The van der Waals surface area contributed by atoms with Gasteiger partial charge in [0.1, 0.15) is 11.2 Å². The van der Waals surface area contributed by atoms with Crippen LogP contribution in [0.5, 0.6) is 0 Å². The lowest BCUT2D eigenvalue weighted by Gasteiger charge is -2.05. The Kier molecular flexibility index (Phi) is 3.38. The van der Waals surface area contributed by atoms with E-state index in [-0.39, 0.29) is 0 Å². The molecule has 0 saturated heterocycles. The van der Waals surface area contributed by atoms with Gasteiger partial charge in [0, 0.05) is 15.2 Å². The van der Waals surface area contributed by atoms with Crippen LogP contribution in [-0.2, 0) is 0 Å². The molecule has 0 unspecified atom stereocenters. The van der Waals surface area contributed by atoms with E-state index in [0.717, 1.165) is 15.6 Å². The van der Waals surface area contributed by atoms with Gasteiger partial charge in [0.2, 0.25) is 0 Å². The number of hydrogen-bond acceptors (Lipinski definition) is 1. The molecule has 0 aliphatic rings. The molecular weight excluding hydrogens is 408 g/mol. The quantitative estimate of drug-likeness (QED) is 0.259. The zero-order chi connectivity index (χ0) is 18.7. The van der Waals surface area contributed by atoms with Crippen LogP contribution in [0.15, 0.2) is 99.9 Å². The van der Waals surface area contributed by atoms with Gasteiger partial charge in [-0.05, 0) is 75.1 Å². The topological polar surface area (TPSA) is 13.1 Å². The molecule has 0 fully saturated rings. The van der Waals surface area contributed by atoms with Crippen LogP contribution in [0.2, 0.25) is 0 Å². The molecule has 0 aliphatic heterocycles. The molecule has 1 aromatic heterocycles. The second-order valence-corrected chi connectivity index (χ2v) is 8.13. The summed E-state index contributed by atoms with van der Waals surface area (Å²) in [6.07, 6.45) is 0. The molecule has 6 aromatic rings. The molecule has 132 valence electrons. The highest BCUT2D eigenvalue weighted by Gasteiger charge is 2.10. The predicted molar refractivity (Wildman–Crippen MR) is 122 cm³/mol. The van der Waals surface area contributed by atoms with E-state index in [0.29, 0.717) is 0 Å². The third-order valence-electron chi connectivity index (χ3n) is 5.47. The Bertz CT molecular complexity index is 1510. The average Bonchev–Trinajstić information content (AvgIpc) is 3.07. The lowest BCUT2D eigenvalue weighted by atomic mass is 9.99. The van der Waals surface area contributed by atoms with Crippen molar-refractivity contribution in [3.05, 3.63) is 95.5 Å². The Labute approximate surface area is 170 Å². The second kappa shape index (κ2) is 5.95. The predicted octanol–water partition coefficient (Wildman–Crippen LogP) is 8.32. The van der Waals surface area contributed by atoms with Crippen molar-refractivity contribution >= 4 is 59.4 Å². The van der Waals surface area contributed by atoms with Crippen molar-refractivity contribution in [1.82, 2.24) is 0 Å². The van der Waals surface area contributed by atoms with Gasteiger partial charge in [-0.1, -0.05) is 64.5 Å². The zero-order valence-corrected chi connectivity index (χ0v) is 16.5. The first kappa shape index (κ1) is 15.9. The van der Waals surface area contributed by atoms with Gasteiger partial charge in [-0.25, -0.2) is 0 Å². The highest BCUT2D eigenvalue weighted by atomic mass is 79.9. The van der Waals surface area contributed by atoms with Gasteiger partial charge in [0.15, 0.2) is 0 Å². The Balaban J connectivity index is 1.62. The summed E-state index contributed by atoms with van der Waals surface area (Å²) in [4.78, 5) is 0. The van der Waals surface area contributed by atoms with Crippen LogP contribution in [0, 0.1) is 0 Å². The molecule has 0 saturated carbocycles. The van der Waals surface area contributed by atoms with Gasteiger partial charge in [-0.15, -0.1) is 0 Å². The summed E-state index contributed by atoms with van der Waals surface area (Å²) in [7, 11) is 0. The normalized spacial score (nSPS) is 11.8. The van der Waals surface area contributed by atoms with Crippen molar-refractivity contribution in [2.75, 3.05) is 0 Å². The van der Waals surface area contributed by atoms with Crippen molar-refractivity contribution in [3.8, 4) is 11.1 Å². The lowest BCUT2D eigenvalue weighted by Crippen LogP contribution is -1.79. The first-order chi connectivity index (χ1) is 13.7. The maximum absolute atomic E-state index is 6.19. The van der Waals surface area contributed by atoms with Gasteiger partial charge in [-0.3, -0.25) is 0 Å². The Morgan fingerprint density at radius 2 is 1.07 bits per heavy atom. The molecule has 0 N–H and O–H groups in total. The van der Waals surface area contributed by atoms with Gasteiger partial charge >= 0.3 is 0 Å². The molecule has 28 heavy (non-hydrogen) atoms. The van der Waals surface area contributed by atoms with Crippen molar-refractivity contribution in [2.24, 2.45) is 0 Å². The van der Waals surface area contributed by atoms with E-state index < -0.39 is 0 Å². The van der Waals surface area contributed by atoms with Gasteiger partial charge in [-0.2, -0.15) is 0 Å². The van der Waals surface area contributed by atoms with Crippen molar-refractivity contribution in [1.29, 1.82) is 0 Å². The molecule has 0 spiro atoms. The van der Waals surface area contributed by atoms with Crippen LogP contribution >= 0.6 is 15.9 Å². The summed E-state index contributed by atoms with van der Waals surface area (Å²) in [5, 5.41) is 7.20. The highest BCUT2D eigenvalue weighted by Crippen LogP contribution is 2.35. The molecular formula is C26H15BrO. The van der Waals surface area contributed by atoms with Crippen LogP contribution in [0.25, 0.3) is 54.6 Å². The minimum atomic E-state index is 0.939. The molecule has 0 bridgehead atoms. The van der Waals surface area contributed by atoms with Crippen molar-refractivity contribution in [3.63, 3.8) is 0 Å². The molecule has 0 radical (unpaired) electrons. The van der Waals surface area contributed by atoms with Crippen LogP contribution in [-0.4, -0.2) is 0 Å². The molecule has 0 amide bonds. The summed E-state index contributed by atoms with van der Waals surface area (Å²) < 4.78 is 7.28. The van der Waals surface area contributed by atoms with Gasteiger partial charge in [0.25, 0.3) is 0 Å².